The standard InChI is InChI=1S/C30H32N4O3/c1-19-15-24(16-20(2)27(19)35)28-32-25-17-23(29(36)31-3)9-10-26(25)34(28)18-21-11-13-33(14-12-21)30(37)22-7-5-4-6-8-22/h4-10,15-17,21,35H,11-14,18H2,1-3H3,(H,31,36). The normalized spacial score (nSPS) is 14.2. The van der Waals surface area contributed by atoms with Gasteiger partial charge in [0.05, 0.1) is 11.0 Å². The van der Waals surface area contributed by atoms with Crippen LogP contribution < -0.4 is 5.32 Å². The van der Waals surface area contributed by atoms with E-state index >= 15 is 0 Å². The fraction of sp³-hybridized carbons (Fsp3) is 0.300. The predicted octanol–water partition coefficient (Wildman–Crippen LogP) is 4.94. The van der Waals surface area contributed by atoms with E-state index in [-0.39, 0.29) is 11.8 Å². The maximum Gasteiger partial charge on any atom is 0.253 e. The fourth-order valence-electron chi connectivity index (χ4n) is 5.25. The average molecular weight is 497 g/mol. The third-order valence-electron chi connectivity index (χ3n) is 7.35. The van der Waals surface area contributed by atoms with E-state index in [1.807, 2.05) is 79.4 Å². The van der Waals surface area contributed by atoms with Crippen molar-refractivity contribution in [2.75, 3.05) is 20.1 Å². The molecule has 1 aliphatic rings. The fourth-order valence-corrected chi connectivity index (χ4v) is 5.25. The van der Waals surface area contributed by atoms with Crippen molar-refractivity contribution in [3.8, 4) is 17.1 Å². The summed E-state index contributed by atoms with van der Waals surface area (Å²) in [4.78, 5) is 32.0. The van der Waals surface area contributed by atoms with E-state index in [4.69, 9.17) is 4.98 Å². The number of hydrogen-bond acceptors (Lipinski definition) is 4. The van der Waals surface area contributed by atoms with Crippen LogP contribution in [0.2, 0.25) is 0 Å². The summed E-state index contributed by atoms with van der Waals surface area (Å²) in [6.45, 7) is 5.98. The van der Waals surface area contributed by atoms with E-state index in [1.54, 1.807) is 7.05 Å². The first-order valence-corrected chi connectivity index (χ1v) is 12.7. The van der Waals surface area contributed by atoms with Gasteiger partial charge in [-0.1, -0.05) is 18.2 Å². The van der Waals surface area contributed by atoms with Crippen LogP contribution in [0.3, 0.4) is 0 Å². The Balaban J connectivity index is 1.45. The molecule has 2 amide bonds. The molecule has 0 spiro atoms. The minimum Gasteiger partial charge on any atom is -0.507 e. The number of phenolic OH excluding ortho intramolecular Hbond substituents is 1. The molecule has 1 aromatic heterocycles. The largest absolute Gasteiger partial charge is 0.507 e. The molecule has 7 nitrogen and oxygen atoms in total. The van der Waals surface area contributed by atoms with Gasteiger partial charge in [0.15, 0.2) is 0 Å². The van der Waals surface area contributed by atoms with Crippen LogP contribution in [0.25, 0.3) is 22.4 Å². The smallest absolute Gasteiger partial charge is 0.253 e. The van der Waals surface area contributed by atoms with E-state index in [2.05, 4.69) is 9.88 Å². The molecule has 0 unspecified atom stereocenters. The molecule has 1 fully saturated rings. The lowest BCUT2D eigenvalue weighted by Crippen LogP contribution is -2.39. The van der Waals surface area contributed by atoms with Crippen molar-refractivity contribution >= 4 is 22.8 Å². The van der Waals surface area contributed by atoms with Crippen molar-refractivity contribution in [1.82, 2.24) is 19.8 Å². The molecule has 1 aliphatic heterocycles. The third-order valence-corrected chi connectivity index (χ3v) is 7.35. The van der Waals surface area contributed by atoms with E-state index in [0.29, 0.717) is 17.2 Å². The number of likely N-dealkylation sites (tertiary alicyclic amines) is 1. The zero-order chi connectivity index (χ0) is 26.1. The molecule has 2 N–H and O–H groups in total. The molecule has 5 rings (SSSR count). The molecule has 2 heterocycles. The lowest BCUT2D eigenvalue weighted by molar-refractivity contribution is 0.0683. The van der Waals surface area contributed by atoms with Crippen LogP contribution in [-0.4, -0.2) is 51.5 Å². The van der Waals surface area contributed by atoms with Crippen molar-refractivity contribution in [2.24, 2.45) is 5.92 Å². The number of phenols is 1. The van der Waals surface area contributed by atoms with Crippen LogP contribution >= 0.6 is 0 Å². The number of carbonyl (C=O) groups excluding carboxylic acids is 2. The summed E-state index contributed by atoms with van der Waals surface area (Å²) in [5, 5.41) is 13.0. The molecule has 0 bridgehead atoms. The number of nitrogens with zero attached hydrogens (tertiary/aromatic N) is 3. The quantitative estimate of drug-likeness (QED) is 0.410. The average Bonchev–Trinajstić information content (AvgIpc) is 3.29. The Morgan fingerprint density at radius 1 is 0.973 bits per heavy atom. The monoisotopic (exact) mass is 496 g/mol. The second-order valence-electron chi connectivity index (χ2n) is 9.89. The highest BCUT2D eigenvalue weighted by Gasteiger charge is 2.26. The summed E-state index contributed by atoms with van der Waals surface area (Å²) in [6, 6.07) is 19.0. The van der Waals surface area contributed by atoms with Crippen molar-refractivity contribution in [1.29, 1.82) is 0 Å². The Kier molecular flexibility index (Phi) is 6.70. The summed E-state index contributed by atoms with van der Waals surface area (Å²) in [6.07, 6.45) is 1.81. The summed E-state index contributed by atoms with van der Waals surface area (Å²) < 4.78 is 2.23. The maximum absolute atomic E-state index is 12.9. The number of benzene rings is 3. The van der Waals surface area contributed by atoms with E-state index in [9.17, 15) is 14.7 Å². The van der Waals surface area contributed by atoms with Crippen molar-refractivity contribution in [3.05, 3.63) is 82.9 Å². The summed E-state index contributed by atoms with van der Waals surface area (Å²) in [5.74, 6) is 1.44. The molecule has 0 saturated carbocycles. The highest BCUT2D eigenvalue weighted by molar-refractivity contribution is 5.97. The van der Waals surface area contributed by atoms with Gasteiger partial charge in [0.2, 0.25) is 0 Å². The van der Waals surface area contributed by atoms with Gasteiger partial charge in [0.1, 0.15) is 11.6 Å². The number of hydrogen-bond donors (Lipinski definition) is 2. The van der Waals surface area contributed by atoms with Crippen LogP contribution in [0.1, 0.15) is 44.7 Å². The minimum absolute atomic E-state index is 0.0876. The zero-order valence-electron chi connectivity index (χ0n) is 21.5. The molecule has 3 aromatic carbocycles. The molecule has 0 atom stereocenters. The Hall–Kier alpha value is -4.13. The first-order chi connectivity index (χ1) is 17.9. The number of nitrogens with one attached hydrogen (secondary N) is 1. The minimum atomic E-state index is -0.148. The Bertz CT molecular complexity index is 1440. The lowest BCUT2D eigenvalue weighted by atomic mass is 9.95. The Morgan fingerprint density at radius 2 is 1.65 bits per heavy atom. The van der Waals surface area contributed by atoms with Gasteiger partial charge in [-0.15, -0.1) is 0 Å². The summed E-state index contributed by atoms with van der Waals surface area (Å²) in [5.41, 5.74) is 5.55. The van der Waals surface area contributed by atoms with Crippen LogP contribution in [0, 0.1) is 19.8 Å². The number of carbonyl (C=O) groups is 2. The molecular weight excluding hydrogens is 464 g/mol. The third kappa shape index (κ3) is 4.81. The molecule has 1 saturated heterocycles. The van der Waals surface area contributed by atoms with Gasteiger partial charge in [-0.3, -0.25) is 9.59 Å². The van der Waals surface area contributed by atoms with Gasteiger partial charge in [0, 0.05) is 43.4 Å². The number of aromatic hydroxyl groups is 1. The van der Waals surface area contributed by atoms with Crippen LogP contribution in [0.5, 0.6) is 5.75 Å². The number of aryl methyl sites for hydroxylation is 2. The highest BCUT2D eigenvalue weighted by Crippen LogP contribution is 2.33. The number of piperidine rings is 1. The molecule has 0 aliphatic carbocycles. The van der Waals surface area contributed by atoms with Crippen LogP contribution in [0.4, 0.5) is 0 Å². The summed E-state index contributed by atoms with van der Waals surface area (Å²) in [7, 11) is 1.62. The van der Waals surface area contributed by atoms with Gasteiger partial charge < -0.3 is 19.9 Å². The second kappa shape index (κ2) is 10.1. The van der Waals surface area contributed by atoms with Gasteiger partial charge in [-0.2, -0.15) is 0 Å². The number of fused-ring (bicyclic) bond motifs is 1. The van der Waals surface area contributed by atoms with Crippen LogP contribution in [-0.2, 0) is 6.54 Å². The van der Waals surface area contributed by atoms with E-state index in [1.165, 1.54) is 0 Å². The molecular formula is C30H32N4O3. The van der Waals surface area contributed by atoms with Gasteiger partial charge in [0.25, 0.3) is 11.8 Å². The topological polar surface area (TPSA) is 87.5 Å². The van der Waals surface area contributed by atoms with Gasteiger partial charge in [-0.05, 0) is 86.2 Å². The van der Waals surface area contributed by atoms with E-state index in [0.717, 1.165) is 71.6 Å². The number of imidazole rings is 1. The Morgan fingerprint density at radius 3 is 2.30 bits per heavy atom. The van der Waals surface area contributed by atoms with Crippen molar-refractivity contribution < 1.29 is 14.7 Å². The van der Waals surface area contributed by atoms with Crippen molar-refractivity contribution in [2.45, 2.75) is 33.2 Å². The number of aromatic nitrogens is 2. The SMILES string of the molecule is CNC(=O)c1ccc2c(c1)nc(-c1cc(C)c(O)c(C)c1)n2CC1CCN(C(=O)c2ccccc2)CC1. The first-order valence-electron chi connectivity index (χ1n) is 12.7. The van der Waals surface area contributed by atoms with Crippen molar-refractivity contribution in [3.63, 3.8) is 0 Å². The van der Waals surface area contributed by atoms with Gasteiger partial charge in [-0.25, -0.2) is 4.98 Å². The number of rotatable bonds is 5. The lowest BCUT2D eigenvalue weighted by Gasteiger charge is -2.32. The van der Waals surface area contributed by atoms with Crippen LogP contribution in [0.15, 0.2) is 60.7 Å². The molecule has 4 aromatic rings. The zero-order valence-corrected chi connectivity index (χ0v) is 21.5. The molecule has 7 heteroatoms. The molecule has 190 valence electrons. The molecule has 37 heavy (non-hydrogen) atoms. The van der Waals surface area contributed by atoms with Gasteiger partial charge >= 0.3 is 0 Å². The second-order valence-corrected chi connectivity index (χ2v) is 9.89. The molecule has 0 radical (unpaired) electrons. The number of amides is 2. The Labute approximate surface area is 216 Å². The maximum atomic E-state index is 12.9. The van der Waals surface area contributed by atoms with E-state index < -0.39 is 0 Å². The summed E-state index contributed by atoms with van der Waals surface area (Å²) >= 11 is 0. The first kappa shape index (κ1) is 24.6. The highest BCUT2D eigenvalue weighted by atomic mass is 16.3. The predicted molar refractivity (Wildman–Crippen MR) is 145 cm³/mol.